The minimum absolute atomic E-state index is 0.164. The van der Waals surface area contributed by atoms with Crippen molar-refractivity contribution >= 4 is 33.2 Å². The Morgan fingerprint density at radius 2 is 2.17 bits per heavy atom. The highest BCUT2D eigenvalue weighted by molar-refractivity contribution is 9.11. The van der Waals surface area contributed by atoms with E-state index in [0.29, 0.717) is 5.92 Å². The molecule has 1 aromatic heterocycles. The van der Waals surface area contributed by atoms with Crippen molar-refractivity contribution in [1.82, 2.24) is 4.90 Å². The van der Waals surface area contributed by atoms with Gasteiger partial charge in [0.2, 0.25) is 0 Å². The summed E-state index contributed by atoms with van der Waals surface area (Å²) in [5.41, 5.74) is 7.05. The minimum Gasteiger partial charge on any atom is -0.338 e. The van der Waals surface area contributed by atoms with Crippen molar-refractivity contribution in [2.75, 3.05) is 13.1 Å². The first-order valence-electron chi connectivity index (χ1n) is 6.30. The van der Waals surface area contributed by atoms with Gasteiger partial charge in [-0.3, -0.25) is 4.79 Å². The first-order valence-corrected chi connectivity index (χ1v) is 7.90. The van der Waals surface area contributed by atoms with Crippen LogP contribution in [0.2, 0.25) is 0 Å². The Balaban J connectivity index is 1.99. The van der Waals surface area contributed by atoms with Crippen LogP contribution in [-0.2, 0) is 0 Å². The number of nitrogens with zero attached hydrogens (tertiary/aromatic N) is 1. The molecular weight excluding hydrogens is 312 g/mol. The summed E-state index contributed by atoms with van der Waals surface area (Å²) in [5, 5.41) is 0. The van der Waals surface area contributed by atoms with Crippen LogP contribution in [0.15, 0.2) is 9.85 Å². The van der Waals surface area contributed by atoms with Crippen LogP contribution in [0, 0.1) is 12.8 Å². The molecule has 2 heterocycles. The Kier molecular flexibility index (Phi) is 4.45. The molecular formula is C13H19BrN2OS. The number of thiophene rings is 1. The predicted molar refractivity (Wildman–Crippen MR) is 79.0 cm³/mol. The highest BCUT2D eigenvalue weighted by atomic mass is 79.9. The van der Waals surface area contributed by atoms with E-state index in [1.54, 1.807) is 0 Å². The zero-order chi connectivity index (χ0) is 13.3. The topological polar surface area (TPSA) is 46.3 Å². The van der Waals surface area contributed by atoms with Crippen LogP contribution in [0.4, 0.5) is 0 Å². The number of rotatable bonds is 2. The first kappa shape index (κ1) is 14.0. The molecule has 0 spiro atoms. The fraction of sp³-hybridized carbons (Fsp3) is 0.615. The summed E-state index contributed by atoms with van der Waals surface area (Å²) in [5.74, 6) is 0.725. The molecule has 1 aliphatic heterocycles. The minimum atomic E-state index is 0.164. The van der Waals surface area contributed by atoms with Gasteiger partial charge in [-0.05, 0) is 60.2 Å². The van der Waals surface area contributed by atoms with Crippen LogP contribution in [0.3, 0.4) is 0 Å². The number of halogens is 1. The van der Waals surface area contributed by atoms with Crippen LogP contribution in [0.1, 0.15) is 35.0 Å². The van der Waals surface area contributed by atoms with Crippen molar-refractivity contribution in [1.29, 1.82) is 0 Å². The van der Waals surface area contributed by atoms with Crippen LogP contribution in [0.5, 0.6) is 0 Å². The van der Waals surface area contributed by atoms with Gasteiger partial charge < -0.3 is 10.6 Å². The Bertz CT molecular complexity index is 417. The smallest absolute Gasteiger partial charge is 0.263 e. The first-order chi connectivity index (χ1) is 8.49. The number of piperidine rings is 1. The summed E-state index contributed by atoms with van der Waals surface area (Å²) in [7, 11) is 0. The third-order valence-electron chi connectivity index (χ3n) is 3.64. The van der Waals surface area contributed by atoms with Gasteiger partial charge in [-0.25, -0.2) is 0 Å². The van der Waals surface area contributed by atoms with Crippen LogP contribution in [-0.4, -0.2) is 29.9 Å². The lowest BCUT2D eigenvalue weighted by Crippen LogP contribution is -2.42. The summed E-state index contributed by atoms with van der Waals surface area (Å²) in [6, 6.07) is 2.20. The Labute approximate surface area is 120 Å². The lowest BCUT2D eigenvalue weighted by Gasteiger charge is -2.33. The van der Waals surface area contributed by atoms with E-state index in [2.05, 4.69) is 22.9 Å². The molecule has 1 amide bonds. The summed E-state index contributed by atoms with van der Waals surface area (Å²) in [4.78, 5) is 15.1. The second-order valence-corrected chi connectivity index (χ2v) is 7.43. The number of nitrogens with two attached hydrogens (primary N) is 1. The van der Waals surface area contributed by atoms with Gasteiger partial charge in [-0.15, -0.1) is 11.3 Å². The summed E-state index contributed by atoms with van der Waals surface area (Å²) in [6.45, 7) is 5.74. The van der Waals surface area contributed by atoms with Crippen molar-refractivity contribution < 1.29 is 4.79 Å². The molecule has 3 nitrogen and oxygen atoms in total. The van der Waals surface area contributed by atoms with Crippen LogP contribution >= 0.6 is 27.3 Å². The molecule has 1 aromatic rings. The van der Waals surface area contributed by atoms with Gasteiger partial charge in [0, 0.05) is 19.1 Å². The number of carbonyl (C=O) groups excluding carboxylic acids is 1. The molecule has 1 saturated heterocycles. The number of likely N-dealkylation sites (tertiary alicyclic amines) is 1. The molecule has 0 radical (unpaired) electrons. The molecule has 0 saturated carbocycles. The fourth-order valence-electron chi connectivity index (χ4n) is 2.35. The molecule has 1 atom stereocenters. The zero-order valence-electron chi connectivity index (χ0n) is 10.8. The third-order valence-corrected chi connectivity index (χ3v) is 5.76. The number of hydrogen-bond acceptors (Lipinski definition) is 3. The average molecular weight is 331 g/mol. The standard InChI is InChI=1S/C13H19BrN2OS/c1-8-7-11(18-12(8)14)13(17)16-5-3-10(4-6-16)9(2)15/h7,9-10H,3-6,15H2,1-2H3. The molecule has 2 N–H and O–H groups in total. The second-order valence-electron chi connectivity index (χ2n) is 5.06. The summed E-state index contributed by atoms with van der Waals surface area (Å²) < 4.78 is 1.05. The van der Waals surface area contributed by atoms with Gasteiger partial charge in [0.05, 0.1) is 8.66 Å². The van der Waals surface area contributed by atoms with Crippen LogP contribution in [0.25, 0.3) is 0 Å². The van der Waals surface area contributed by atoms with Crippen molar-refractivity contribution in [3.63, 3.8) is 0 Å². The van der Waals surface area contributed by atoms with E-state index in [-0.39, 0.29) is 11.9 Å². The highest BCUT2D eigenvalue weighted by Gasteiger charge is 2.26. The fourth-order valence-corrected chi connectivity index (χ4v) is 3.85. The molecule has 1 aliphatic rings. The van der Waals surface area contributed by atoms with Gasteiger partial charge in [-0.2, -0.15) is 0 Å². The zero-order valence-corrected chi connectivity index (χ0v) is 13.2. The average Bonchev–Trinajstić information content (AvgIpc) is 2.69. The molecule has 1 unspecified atom stereocenters. The Hall–Kier alpha value is -0.390. The lowest BCUT2D eigenvalue weighted by molar-refractivity contribution is 0.0686. The number of hydrogen-bond donors (Lipinski definition) is 1. The van der Waals surface area contributed by atoms with Gasteiger partial charge in [0.1, 0.15) is 0 Å². The predicted octanol–water partition coefficient (Wildman–Crippen LogP) is 3.02. The van der Waals surface area contributed by atoms with Crippen molar-refractivity contribution in [3.05, 3.63) is 20.3 Å². The number of aryl methyl sites for hydroxylation is 1. The molecule has 1 fully saturated rings. The summed E-state index contributed by atoms with van der Waals surface area (Å²) >= 11 is 4.99. The van der Waals surface area contributed by atoms with Gasteiger partial charge >= 0.3 is 0 Å². The SMILES string of the molecule is Cc1cc(C(=O)N2CCC(C(C)N)CC2)sc1Br. The molecule has 5 heteroatoms. The third kappa shape index (κ3) is 2.95. The Morgan fingerprint density at radius 1 is 1.56 bits per heavy atom. The number of carbonyl (C=O) groups is 1. The number of amides is 1. The maximum absolute atomic E-state index is 12.3. The van der Waals surface area contributed by atoms with Gasteiger partial charge in [-0.1, -0.05) is 0 Å². The lowest BCUT2D eigenvalue weighted by atomic mass is 9.91. The van der Waals surface area contributed by atoms with Crippen molar-refractivity contribution in [2.24, 2.45) is 11.7 Å². The monoisotopic (exact) mass is 330 g/mol. The molecule has 0 aromatic carbocycles. The van der Waals surface area contributed by atoms with E-state index >= 15 is 0 Å². The van der Waals surface area contributed by atoms with E-state index < -0.39 is 0 Å². The second kappa shape index (κ2) is 5.72. The van der Waals surface area contributed by atoms with Crippen molar-refractivity contribution in [2.45, 2.75) is 32.7 Å². The molecule has 18 heavy (non-hydrogen) atoms. The normalized spacial score (nSPS) is 19.0. The maximum atomic E-state index is 12.3. The Morgan fingerprint density at radius 3 is 2.61 bits per heavy atom. The highest BCUT2D eigenvalue weighted by Crippen LogP contribution is 2.29. The maximum Gasteiger partial charge on any atom is 0.263 e. The molecule has 100 valence electrons. The van der Waals surface area contributed by atoms with E-state index in [0.717, 1.165) is 40.2 Å². The molecule has 2 rings (SSSR count). The van der Waals surface area contributed by atoms with E-state index in [9.17, 15) is 4.79 Å². The van der Waals surface area contributed by atoms with Gasteiger partial charge in [0.15, 0.2) is 0 Å². The molecule has 0 bridgehead atoms. The van der Waals surface area contributed by atoms with Gasteiger partial charge in [0.25, 0.3) is 5.91 Å². The van der Waals surface area contributed by atoms with E-state index in [4.69, 9.17) is 5.73 Å². The van der Waals surface area contributed by atoms with Crippen molar-refractivity contribution in [3.8, 4) is 0 Å². The quantitative estimate of drug-likeness (QED) is 0.905. The largest absolute Gasteiger partial charge is 0.338 e. The summed E-state index contributed by atoms with van der Waals surface area (Å²) in [6.07, 6.45) is 2.05. The molecule has 0 aliphatic carbocycles. The van der Waals surface area contributed by atoms with Crippen LogP contribution < -0.4 is 5.73 Å². The van der Waals surface area contributed by atoms with E-state index in [1.165, 1.54) is 11.3 Å². The van der Waals surface area contributed by atoms with E-state index in [1.807, 2.05) is 17.9 Å².